The van der Waals surface area contributed by atoms with Gasteiger partial charge < -0.3 is 9.47 Å². The Balaban J connectivity index is 1.87. The van der Waals surface area contributed by atoms with Gasteiger partial charge in [0, 0.05) is 18.2 Å². The summed E-state index contributed by atoms with van der Waals surface area (Å²) in [6, 6.07) is 13.7. The SMILES string of the molecule is COCCOc1ccc(C(=O)NNC(=O)c2cccc(C)c2)cc1. The van der Waals surface area contributed by atoms with E-state index in [1.807, 2.05) is 13.0 Å². The molecule has 0 heterocycles. The van der Waals surface area contributed by atoms with Crippen molar-refractivity contribution in [1.82, 2.24) is 10.9 Å². The van der Waals surface area contributed by atoms with Crippen molar-refractivity contribution >= 4 is 11.8 Å². The molecule has 0 bridgehead atoms. The van der Waals surface area contributed by atoms with Crippen molar-refractivity contribution in [3.05, 3.63) is 65.2 Å². The van der Waals surface area contributed by atoms with E-state index >= 15 is 0 Å². The number of benzene rings is 2. The summed E-state index contributed by atoms with van der Waals surface area (Å²) in [6.45, 7) is 2.83. The fourth-order valence-electron chi connectivity index (χ4n) is 1.99. The molecule has 0 atom stereocenters. The molecule has 2 aromatic rings. The van der Waals surface area contributed by atoms with Crippen molar-refractivity contribution in [2.24, 2.45) is 0 Å². The number of carbonyl (C=O) groups excluding carboxylic acids is 2. The van der Waals surface area contributed by atoms with Gasteiger partial charge in [-0.3, -0.25) is 20.4 Å². The Morgan fingerprint density at radius 2 is 1.58 bits per heavy atom. The van der Waals surface area contributed by atoms with E-state index in [4.69, 9.17) is 9.47 Å². The van der Waals surface area contributed by atoms with E-state index in [0.29, 0.717) is 30.1 Å². The molecule has 0 radical (unpaired) electrons. The number of ether oxygens (including phenoxy) is 2. The molecule has 2 N–H and O–H groups in total. The van der Waals surface area contributed by atoms with Crippen LogP contribution >= 0.6 is 0 Å². The lowest BCUT2D eigenvalue weighted by Crippen LogP contribution is -2.41. The Bertz CT molecular complexity index is 698. The molecule has 0 aliphatic rings. The summed E-state index contributed by atoms with van der Waals surface area (Å²) in [4.78, 5) is 24.0. The zero-order chi connectivity index (χ0) is 17.4. The Morgan fingerprint density at radius 3 is 2.21 bits per heavy atom. The monoisotopic (exact) mass is 328 g/mol. The maximum Gasteiger partial charge on any atom is 0.269 e. The molecular formula is C18H20N2O4. The molecule has 0 spiro atoms. The molecule has 2 amide bonds. The molecular weight excluding hydrogens is 308 g/mol. The topological polar surface area (TPSA) is 76.7 Å². The number of hydrogen-bond acceptors (Lipinski definition) is 4. The molecule has 6 heteroatoms. The third kappa shape index (κ3) is 5.10. The van der Waals surface area contributed by atoms with Gasteiger partial charge in [-0.2, -0.15) is 0 Å². The third-order valence-electron chi connectivity index (χ3n) is 3.24. The minimum atomic E-state index is -0.403. The van der Waals surface area contributed by atoms with Crippen molar-refractivity contribution in [1.29, 1.82) is 0 Å². The normalized spacial score (nSPS) is 10.1. The summed E-state index contributed by atoms with van der Waals surface area (Å²) in [5.41, 5.74) is 6.65. The average Bonchev–Trinajstić information content (AvgIpc) is 2.60. The lowest BCUT2D eigenvalue weighted by atomic mass is 10.1. The number of hydrogen-bond donors (Lipinski definition) is 2. The Morgan fingerprint density at radius 1 is 0.917 bits per heavy atom. The van der Waals surface area contributed by atoms with Crippen molar-refractivity contribution in [3.8, 4) is 5.75 Å². The van der Waals surface area contributed by atoms with E-state index < -0.39 is 5.91 Å². The van der Waals surface area contributed by atoms with Crippen LogP contribution in [0.15, 0.2) is 48.5 Å². The minimum Gasteiger partial charge on any atom is -0.491 e. The van der Waals surface area contributed by atoms with Crippen LogP contribution < -0.4 is 15.6 Å². The van der Waals surface area contributed by atoms with Crippen LogP contribution in [0.25, 0.3) is 0 Å². The van der Waals surface area contributed by atoms with Gasteiger partial charge in [0.1, 0.15) is 12.4 Å². The van der Waals surface area contributed by atoms with Gasteiger partial charge in [-0.15, -0.1) is 0 Å². The van der Waals surface area contributed by atoms with Gasteiger partial charge in [0.15, 0.2) is 0 Å². The summed E-state index contributed by atoms with van der Waals surface area (Å²) >= 11 is 0. The first-order valence-electron chi connectivity index (χ1n) is 7.49. The van der Waals surface area contributed by atoms with Gasteiger partial charge in [-0.25, -0.2) is 0 Å². The molecule has 0 aliphatic heterocycles. The first-order valence-corrected chi connectivity index (χ1v) is 7.49. The number of rotatable bonds is 6. The Labute approximate surface area is 140 Å². The maximum absolute atomic E-state index is 12.0. The maximum atomic E-state index is 12.0. The van der Waals surface area contributed by atoms with E-state index in [9.17, 15) is 9.59 Å². The second-order valence-corrected chi connectivity index (χ2v) is 5.14. The highest BCUT2D eigenvalue weighted by Crippen LogP contribution is 2.12. The number of aryl methyl sites for hydroxylation is 1. The van der Waals surface area contributed by atoms with Gasteiger partial charge in [-0.05, 0) is 43.3 Å². The van der Waals surface area contributed by atoms with Crippen LogP contribution in [-0.2, 0) is 4.74 Å². The molecule has 2 aromatic carbocycles. The van der Waals surface area contributed by atoms with Crippen molar-refractivity contribution in [2.75, 3.05) is 20.3 Å². The standard InChI is InChI=1S/C18H20N2O4/c1-13-4-3-5-15(12-13)18(22)20-19-17(21)14-6-8-16(9-7-14)24-11-10-23-2/h3-9,12H,10-11H2,1-2H3,(H,19,21)(H,20,22). The highest BCUT2D eigenvalue weighted by molar-refractivity contribution is 5.99. The molecule has 6 nitrogen and oxygen atoms in total. The van der Waals surface area contributed by atoms with Crippen LogP contribution in [0.4, 0.5) is 0 Å². The van der Waals surface area contributed by atoms with Crippen molar-refractivity contribution < 1.29 is 19.1 Å². The number of hydrazine groups is 1. The molecule has 0 unspecified atom stereocenters. The fraction of sp³-hybridized carbons (Fsp3) is 0.222. The molecule has 0 fully saturated rings. The van der Waals surface area contributed by atoms with Gasteiger partial charge in [-0.1, -0.05) is 17.7 Å². The van der Waals surface area contributed by atoms with Gasteiger partial charge in [0.2, 0.25) is 0 Å². The summed E-state index contributed by atoms with van der Waals surface area (Å²) in [6.07, 6.45) is 0. The van der Waals surface area contributed by atoms with Gasteiger partial charge >= 0.3 is 0 Å². The predicted molar refractivity (Wildman–Crippen MR) is 89.9 cm³/mol. The number of amides is 2. The minimum absolute atomic E-state index is 0.369. The first kappa shape index (κ1) is 17.5. The van der Waals surface area contributed by atoms with Crippen LogP contribution in [0.1, 0.15) is 26.3 Å². The Kier molecular flexibility index (Phi) is 6.33. The molecule has 0 saturated heterocycles. The third-order valence-corrected chi connectivity index (χ3v) is 3.24. The number of carbonyl (C=O) groups is 2. The van der Waals surface area contributed by atoms with Crippen LogP contribution in [0.2, 0.25) is 0 Å². The summed E-state index contributed by atoms with van der Waals surface area (Å²) < 4.78 is 10.3. The molecule has 0 aromatic heterocycles. The smallest absolute Gasteiger partial charge is 0.269 e. The average molecular weight is 328 g/mol. The van der Waals surface area contributed by atoms with E-state index in [1.165, 1.54) is 0 Å². The molecule has 126 valence electrons. The summed E-state index contributed by atoms with van der Waals surface area (Å²) in [7, 11) is 1.60. The van der Waals surface area contributed by atoms with E-state index in [0.717, 1.165) is 5.56 Å². The molecule has 24 heavy (non-hydrogen) atoms. The second-order valence-electron chi connectivity index (χ2n) is 5.14. The highest BCUT2D eigenvalue weighted by atomic mass is 16.5. The zero-order valence-corrected chi connectivity index (χ0v) is 13.7. The quantitative estimate of drug-likeness (QED) is 0.629. The molecule has 0 aliphatic carbocycles. The Hall–Kier alpha value is -2.86. The van der Waals surface area contributed by atoms with Crippen LogP contribution in [0, 0.1) is 6.92 Å². The first-order chi connectivity index (χ1) is 11.6. The fourth-order valence-corrected chi connectivity index (χ4v) is 1.99. The summed E-state index contributed by atoms with van der Waals surface area (Å²) in [5, 5.41) is 0. The lowest BCUT2D eigenvalue weighted by Gasteiger charge is -2.09. The highest BCUT2D eigenvalue weighted by Gasteiger charge is 2.09. The largest absolute Gasteiger partial charge is 0.491 e. The lowest BCUT2D eigenvalue weighted by molar-refractivity contribution is 0.0846. The second kappa shape index (κ2) is 8.69. The van der Waals surface area contributed by atoms with Gasteiger partial charge in [0.05, 0.1) is 6.61 Å². The molecule has 2 rings (SSSR count). The number of nitrogens with one attached hydrogen (secondary N) is 2. The zero-order valence-electron chi connectivity index (χ0n) is 13.7. The van der Waals surface area contributed by atoms with E-state index in [-0.39, 0.29) is 5.91 Å². The number of methoxy groups -OCH3 is 1. The van der Waals surface area contributed by atoms with E-state index in [1.54, 1.807) is 49.6 Å². The molecule has 0 saturated carbocycles. The van der Waals surface area contributed by atoms with Gasteiger partial charge in [0.25, 0.3) is 11.8 Å². The van der Waals surface area contributed by atoms with Crippen molar-refractivity contribution in [2.45, 2.75) is 6.92 Å². The van der Waals surface area contributed by atoms with Crippen LogP contribution in [0.5, 0.6) is 5.75 Å². The van der Waals surface area contributed by atoms with Crippen molar-refractivity contribution in [3.63, 3.8) is 0 Å². The van der Waals surface area contributed by atoms with Crippen LogP contribution in [-0.4, -0.2) is 32.1 Å². The predicted octanol–water partition coefficient (Wildman–Crippen LogP) is 2.10. The van der Waals surface area contributed by atoms with E-state index in [2.05, 4.69) is 10.9 Å². The van der Waals surface area contributed by atoms with Crippen LogP contribution in [0.3, 0.4) is 0 Å². The summed E-state index contributed by atoms with van der Waals surface area (Å²) in [5.74, 6) is -0.126.